The quantitative estimate of drug-likeness (QED) is 0.774. The van der Waals surface area contributed by atoms with E-state index >= 15 is 0 Å². The standard InChI is InChI=1S/C19H23N5O/c1-13-3-5-15-9-14(4-7-17(15)21-13)10-20-16-6-8-19-22-18(12-25-2)23-24(19)11-16/h3-5,7,9,16,20H,6,8,10-12H2,1-2H3/t16-/m1/s1. The van der Waals surface area contributed by atoms with Crippen LogP contribution in [-0.2, 0) is 30.9 Å². The van der Waals surface area contributed by atoms with Crippen LogP contribution in [0.1, 0.15) is 29.3 Å². The molecule has 25 heavy (non-hydrogen) atoms. The molecule has 6 heteroatoms. The maximum absolute atomic E-state index is 5.12. The first kappa shape index (κ1) is 16.2. The van der Waals surface area contributed by atoms with Crippen molar-refractivity contribution in [2.75, 3.05) is 7.11 Å². The summed E-state index contributed by atoms with van der Waals surface area (Å²) in [5.74, 6) is 1.84. The van der Waals surface area contributed by atoms with Crippen molar-refractivity contribution in [1.82, 2.24) is 25.1 Å². The predicted octanol–water partition coefficient (Wildman–Crippen LogP) is 2.39. The van der Waals surface area contributed by atoms with Gasteiger partial charge in [-0.1, -0.05) is 12.1 Å². The minimum absolute atomic E-state index is 0.413. The fourth-order valence-corrected chi connectivity index (χ4v) is 3.37. The first-order valence-corrected chi connectivity index (χ1v) is 8.72. The summed E-state index contributed by atoms with van der Waals surface area (Å²) in [5, 5.41) is 9.37. The Morgan fingerprint density at radius 1 is 1.24 bits per heavy atom. The van der Waals surface area contributed by atoms with Crippen LogP contribution in [0.25, 0.3) is 10.9 Å². The van der Waals surface area contributed by atoms with Gasteiger partial charge in [0.15, 0.2) is 5.82 Å². The van der Waals surface area contributed by atoms with Crippen molar-refractivity contribution in [1.29, 1.82) is 0 Å². The number of ether oxygens (including phenoxy) is 1. The Hall–Kier alpha value is -2.31. The number of hydrogen-bond acceptors (Lipinski definition) is 5. The van der Waals surface area contributed by atoms with E-state index in [4.69, 9.17) is 4.74 Å². The predicted molar refractivity (Wildman–Crippen MR) is 96.2 cm³/mol. The Balaban J connectivity index is 1.40. The number of aryl methyl sites for hydroxylation is 2. The molecule has 1 aliphatic rings. The summed E-state index contributed by atoms with van der Waals surface area (Å²) >= 11 is 0. The molecule has 2 aromatic heterocycles. The largest absolute Gasteiger partial charge is 0.377 e. The van der Waals surface area contributed by atoms with E-state index < -0.39 is 0 Å². The van der Waals surface area contributed by atoms with E-state index in [0.717, 1.165) is 48.8 Å². The number of rotatable bonds is 5. The molecule has 0 unspecified atom stereocenters. The van der Waals surface area contributed by atoms with Gasteiger partial charge < -0.3 is 10.1 Å². The number of methoxy groups -OCH3 is 1. The zero-order valence-corrected chi connectivity index (χ0v) is 14.7. The first-order valence-electron chi connectivity index (χ1n) is 8.72. The van der Waals surface area contributed by atoms with E-state index in [2.05, 4.69) is 50.7 Å². The fraction of sp³-hybridized carbons (Fsp3) is 0.421. The van der Waals surface area contributed by atoms with Crippen LogP contribution in [-0.4, -0.2) is 32.9 Å². The fourth-order valence-electron chi connectivity index (χ4n) is 3.37. The van der Waals surface area contributed by atoms with Gasteiger partial charge in [0.25, 0.3) is 0 Å². The van der Waals surface area contributed by atoms with Crippen molar-refractivity contribution in [3.63, 3.8) is 0 Å². The normalized spacial score (nSPS) is 17.0. The van der Waals surface area contributed by atoms with Crippen LogP contribution in [0.2, 0.25) is 0 Å². The second kappa shape index (κ2) is 6.90. The number of pyridine rings is 1. The van der Waals surface area contributed by atoms with Gasteiger partial charge in [-0.25, -0.2) is 9.67 Å². The highest BCUT2D eigenvalue weighted by Crippen LogP contribution is 2.17. The van der Waals surface area contributed by atoms with E-state index in [1.807, 2.05) is 11.6 Å². The second-order valence-corrected chi connectivity index (χ2v) is 6.66. The molecule has 130 valence electrons. The minimum Gasteiger partial charge on any atom is -0.377 e. The molecule has 3 heterocycles. The Kier molecular flexibility index (Phi) is 4.46. The number of nitrogens with one attached hydrogen (secondary N) is 1. The lowest BCUT2D eigenvalue weighted by molar-refractivity contribution is 0.177. The number of hydrogen-bond donors (Lipinski definition) is 1. The van der Waals surface area contributed by atoms with Gasteiger partial charge in [0.05, 0.1) is 12.1 Å². The molecule has 1 aliphatic heterocycles. The van der Waals surface area contributed by atoms with Gasteiger partial charge in [0.2, 0.25) is 0 Å². The molecule has 0 bridgehead atoms. The molecular formula is C19H23N5O. The van der Waals surface area contributed by atoms with Crippen LogP contribution >= 0.6 is 0 Å². The molecule has 0 aliphatic carbocycles. The number of nitrogens with zero attached hydrogens (tertiary/aromatic N) is 4. The maximum atomic E-state index is 5.12. The minimum atomic E-state index is 0.413. The van der Waals surface area contributed by atoms with Crippen LogP contribution in [0, 0.1) is 6.92 Å². The van der Waals surface area contributed by atoms with Crippen LogP contribution in [0.4, 0.5) is 0 Å². The van der Waals surface area contributed by atoms with Crippen molar-refractivity contribution >= 4 is 10.9 Å². The van der Waals surface area contributed by atoms with Gasteiger partial charge in [0.1, 0.15) is 12.4 Å². The van der Waals surface area contributed by atoms with Gasteiger partial charge in [-0.15, -0.1) is 0 Å². The van der Waals surface area contributed by atoms with Gasteiger partial charge in [0, 0.05) is 37.2 Å². The van der Waals surface area contributed by atoms with E-state index in [-0.39, 0.29) is 0 Å². The summed E-state index contributed by atoms with van der Waals surface area (Å²) in [6.45, 7) is 4.21. The highest BCUT2D eigenvalue weighted by atomic mass is 16.5. The van der Waals surface area contributed by atoms with Crippen LogP contribution in [0.5, 0.6) is 0 Å². The summed E-state index contributed by atoms with van der Waals surface area (Å²) in [4.78, 5) is 9.09. The summed E-state index contributed by atoms with van der Waals surface area (Å²) in [5.41, 5.74) is 3.39. The molecule has 1 aromatic carbocycles. The Labute approximate surface area is 147 Å². The zero-order chi connectivity index (χ0) is 17.2. The van der Waals surface area contributed by atoms with Crippen LogP contribution in [0.15, 0.2) is 30.3 Å². The van der Waals surface area contributed by atoms with E-state index in [9.17, 15) is 0 Å². The van der Waals surface area contributed by atoms with Crippen molar-refractivity contribution in [2.24, 2.45) is 0 Å². The highest BCUT2D eigenvalue weighted by molar-refractivity contribution is 5.79. The maximum Gasteiger partial charge on any atom is 0.176 e. The summed E-state index contributed by atoms with van der Waals surface area (Å²) in [7, 11) is 1.67. The smallest absolute Gasteiger partial charge is 0.176 e. The van der Waals surface area contributed by atoms with Gasteiger partial charge in [-0.3, -0.25) is 4.98 Å². The first-order chi connectivity index (χ1) is 12.2. The summed E-state index contributed by atoms with van der Waals surface area (Å²) in [6.07, 6.45) is 2.04. The highest BCUT2D eigenvalue weighted by Gasteiger charge is 2.21. The SMILES string of the molecule is COCc1nc2n(n1)C[C@H](NCc1ccc3nc(C)ccc3c1)CC2. The van der Waals surface area contributed by atoms with Crippen molar-refractivity contribution in [3.05, 3.63) is 53.2 Å². The van der Waals surface area contributed by atoms with Gasteiger partial charge in [-0.2, -0.15) is 5.10 Å². The molecule has 0 saturated carbocycles. The summed E-state index contributed by atoms with van der Waals surface area (Å²) < 4.78 is 7.14. The van der Waals surface area contributed by atoms with Crippen LogP contribution in [0.3, 0.4) is 0 Å². The van der Waals surface area contributed by atoms with E-state index in [1.54, 1.807) is 7.11 Å². The number of aromatic nitrogens is 4. The number of fused-ring (bicyclic) bond motifs is 2. The molecule has 1 atom stereocenters. The lowest BCUT2D eigenvalue weighted by Crippen LogP contribution is -2.37. The molecule has 4 rings (SSSR count). The molecule has 0 fully saturated rings. The summed E-state index contributed by atoms with van der Waals surface area (Å²) in [6, 6.07) is 11.1. The van der Waals surface area contributed by atoms with Gasteiger partial charge in [-0.05, 0) is 37.1 Å². The third-order valence-corrected chi connectivity index (χ3v) is 4.66. The Morgan fingerprint density at radius 3 is 3.04 bits per heavy atom. The topological polar surface area (TPSA) is 64.9 Å². The zero-order valence-electron chi connectivity index (χ0n) is 14.7. The average molecular weight is 337 g/mol. The van der Waals surface area contributed by atoms with E-state index in [1.165, 1.54) is 10.9 Å². The lowest BCUT2D eigenvalue weighted by Gasteiger charge is -2.23. The Morgan fingerprint density at radius 2 is 2.16 bits per heavy atom. The van der Waals surface area contributed by atoms with E-state index in [0.29, 0.717) is 12.6 Å². The molecule has 0 radical (unpaired) electrons. The van der Waals surface area contributed by atoms with Gasteiger partial charge >= 0.3 is 0 Å². The molecule has 3 aromatic rings. The third kappa shape index (κ3) is 3.55. The van der Waals surface area contributed by atoms with Crippen LogP contribution < -0.4 is 5.32 Å². The molecule has 0 saturated heterocycles. The molecule has 6 nitrogen and oxygen atoms in total. The Bertz CT molecular complexity index is 889. The van der Waals surface area contributed by atoms with Crippen molar-refractivity contribution in [3.8, 4) is 0 Å². The molecule has 1 N–H and O–H groups in total. The lowest BCUT2D eigenvalue weighted by atomic mass is 10.1. The molecule has 0 spiro atoms. The average Bonchev–Trinajstić information content (AvgIpc) is 3.02. The number of benzene rings is 1. The van der Waals surface area contributed by atoms with Crippen molar-refractivity contribution in [2.45, 2.75) is 45.5 Å². The molecular weight excluding hydrogens is 314 g/mol. The molecule has 0 amide bonds. The van der Waals surface area contributed by atoms with Crippen molar-refractivity contribution < 1.29 is 4.74 Å². The second-order valence-electron chi connectivity index (χ2n) is 6.66. The third-order valence-electron chi connectivity index (χ3n) is 4.66. The monoisotopic (exact) mass is 337 g/mol.